The molecule has 108 valence electrons. The van der Waals surface area contributed by atoms with Crippen LogP contribution in [0.2, 0.25) is 0 Å². The number of nitrogens with one attached hydrogen (secondary N) is 1. The van der Waals surface area contributed by atoms with Gasteiger partial charge in [0.15, 0.2) is 0 Å². The molecule has 0 amide bonds. The maximum Gasteiger partial charge on any atom is 0.138 e. The van der Waals surface area contributed by atoms with Crippen molar-refractivity contribution in [3.05, 3.63) is 16.8 Å². The molecule has 1 fully saturated rings. The van der Waals surface area contributed by atoms with Crippen molar-refractivity contribution in [2.45, 2.75) is 33.1 Å². The van der Waals surface area contributed by atoms with E-state index < -0.39 is 0 Å². The fraction of sp³-hybridized carbons (Fsp3) is 0.600. The third kappa shape index (κ3) is 2.94. The van der Waals surface area contributed by atoms with Crippen LogP contribution in [0.4, 0.5) is 5.82 Å². The van der Waals surface area contributed by atoms with Crippen molar-refractivity contribution >= 4 is 27.4 Å². The number of aromatic nitrogens is 2. The minimum absolute atomic E-state index is 0.576. The lowest BCUT2D eigenvalue weighted by Gasteiger charge is -2.10. The SMILES string of the molecule is CCCNc1nc(CC2CCOC2)nc2sc(C)cc12. The smallest absolute Gasteiger partial charge is 0.138 e. The first kappa shape index (κ1) is 13.8. The second-order valence-electron chi connectivity index (χ2n) is 5.42. The fourth-order valence-corrected chi connectivity index (χ4v) is 3.46. The van der Waals surface area contributed by atoms with Crippen molar-refractivity contribution in [1.82, 2.24) is 9.97 Å². The molecular weight excluding hydrogens is 270 g/mol. The molecule has 0 spiro atoms. The van der Waals surface area contributed by atoms with Crippen molar-refractivity contribution in [3.63, 3.8) is 0 Å². The average Bonchev–Trinajstić information content (AvgIpc) is 3.04. The maximum absolute atomic E-state index is 5.45. The zero-order valence-electron chi connectivity index (χ0n) is 12.1. The summed E-state index contributed by atoms with van der Waals surface area (Å²) in [6.07, 6.45) is 3.15. The highest BCUT2D eigenvalue weighted by Crippen LogP contribution is 2.29. The Hall–Kier alpha value is -1.20. The third-order valence-corrected chi connectivity index (χ3v) is 4.54. The second kappa shape index (κ2) is 6.06. The highest BCUT2D eigenvalue weighted by atomic mass is 32.1. The summed E-state index contributed by atoms with van der Waals surface area (Å²) < 4.78 is 5.45. The summed E-state index contributed by atoms with van der Waals surface area (Å²) >= 11 is 1.75. The number of nitrogens with zero attached hydrogens (tertiary/aromatic N) is 2. The number of fused-ring (bicyclic) bond motifs is 1. The second-order valence-corrected chi connectivity index (χ2v) is 6.66. The van der Waals surface area contributed by atoms with E-state index in [0.29, 0.717) is 5.92 Å². The Bertz CT molecular complexity index is 590. The van der Waals surface area contributed by atoms with Crippen LogP contribution in [-0.4, -0.2) is 29.7 Å². The molecular formula is C15H21N3OS. The Balaban J connectivity index is 1.91. The summed E-state index contributed by atoms with van der Waals surface area (Å²) in [5.41, 5.74) is 0. The van der Waals surface area contributed by atoms with Crippen LogP contribution in [0.15, 0.2) is 6.07 Å². The molecule has 2 aromatic heterocycles. The van der Waals surface area contributed by atoms with Gasteiger partial charge in [-0.25, -0.2) is 9.97 Å². The number of anilines is 1. The minimum Gasteiger partial charge on any atom is -0.381 e. The lowest BCUT2D eigenvalue weighted by Crippen LogP contribution is -2.10. The van der Waals surface area contributed by atoms with Gasteiger partial charge in [-0.05, 0) is 31.7 Å². The molecule has 0 saturated carbocycles. The molecule has 0 radical (unpaired) electrons. The predicted molar refractivity (Wildman–Crippen MR) is 83.6 cm³/mol. The zero-order valence-corrected chi connectivity index (χ0v) is 12.9. The topological polar surface area (TPSA) is 47.0 Å². The van der Waals surface area contributed by atoms with Gasteiger partial charge in [-0.3, -0.25) is 0 Å². The quantitative estimate of drug-likeness (QED) is 0.917. The summed E-state index contributed by atoms with van der Waals surface area (Å²) in [4.78, 5) is 11.9. The molecule has 1 aliphatic heterocycles. The van der Waals surface area contributed by atoms with Crippen LogP contribution in [0.25, 0.3) is 10.2 Å². The molecule has 1 atom stereocenters. The first-order valence-electron chi connectivity index (χ1n) is 7.35. The summed E-state index contributed by atoms with van der Waals surface area (Å²) in [7, 11) is 0. The Morgan fingerprint density at radius 1 is 1.45 bits per heavy atom. The lowest BCUT2D eigenvalue weighted by molar-refractivity contribution is 0.185. The van der Waals surface area contributed by atoms with E-state index in [4.69, 9.17) is 14.7 Å². The van der Waals surface area contributed by atoms with Gasteiger partial charge in [0.1, 0.15) is 16.5 Å². The van der Waals surface area contributed by atoms with E-state index in [1.165, 1.54) is 4.88 Å². The van der Waals surface area contributed by atoms with Crippen LogP contribution >= 0.6 is 11.3 Å². The minimum atomic E-state index is 0.576. The van der Waals surface area contributed by atoms with E-state index in [0.717, 1.165) is 60.9 Å². The van der Waals surface area contributed by atoms with Crippen molar-refractivity contribution in [3.8, 4) is 0 Å². The number of thiophene rings is 1. The molecule has 20 heavy (non-hydrogen) atoms. The average molecular weight is 291 g/mol. The Morgan fingerprint density at radius 3 is 3.10 bits per heavy atom. The molecule has 0 aliphatic carbocycles. The van der Waals surface area contributed by atoms with Gasteiger partial charge < -0.3 is 10.1 Å². The van der Waals surface area contributed by atoms with Crippen molar-refractivity contribution in [1.29, 1.82) is 0 Å². The number of hydrogen-bond donors (Lipinski definition) is 1. The first-order valence-corrected chi connectivity index (χ1v) is 8.16. The highest BCUT2D eigenvalue weighted by molar-refractivity contribution is 7.18. The molecule has 1 aliphatic rings. The van der Waals surface area contributed by atoms with Crippen molar-refractivity contribution in [2.75, 3.05) is 25.1 Å². The standard InChI is InChI=1S/C15H21N3OS/c1-3-5-16-14-12-7-10(2)20-15(12)18-13(17-14)8-11-4-6-19-9-11/h7,11H,3-6,8-9H2,1-2H3,(H,16,17,18). The van der Waals surface area contributed by atoms with E-state index in [-0.39, 0.29) is 0 Å². The van der Waals surface area contributed by atoms with Crippen LogP contribution in [-0.2, 0) is 11.2 Å². The van der Waals surface area contributed by atoms with Gasteiger partial charge in [-0.2, -0.15) is 0 Å². The van der Waals surface area contributed by atoms with Crippen LogP contribution in [0, 0.1) is 12.8 Å². The number of rotatable bonds is 5. The van der Waals surface area contributed by atoms with E-state index >= 15 is 0 Å². The van der Waals surface area contributed by atoms with E-state index in [1.807, 2.05) is 0 Å². The predicted octanol–water partition coefficient (Wildman–Crippen LogP) is 3.40. The first-order chi connectivity index (χ1) is 9.76. The zero-order chi connectivity index (χ0) is 13.9. The van der Waals surface area contributed by atoms with Gasteiger partial charge >= 0.3 is 0 Å². The highest BCUT2D eigenvalue weighted by Gasteiger charge is 2.19. The van der Waals surface area contributed by atoms with Crippen LogP contribution in [0.3, 0.4) is 0 Å². The molecule has 0 aromatic carbocycles. The summed E-state index contributed by atoms with van der Waals surface area (Å²) in [5, 5.41) is 4.60. The van der Waals surface area contributed by atoms with E-state index in [9.17, 15) is 0 Å². The fourth-order valence-electron chi connectivity index (χ4n) is 2.56. The molecule has 1 saturated heterocycles. The molecule has 3 rings (SSSR count). The van der Waals surface area contributed by atoms with Crippen LogP contribution < -0.4 is 5.32 Å². The molecule has 1 unspecified atom stereocenters. The molecule has 4 nitrogen and oxygen atoms in total. The normalized spacial score (nSPS) is 18.8. The third-order valence-electron chi connectivity index (χ3n) is 3.60. The Morgan fingerprint density at radius 2 is 2.35 bits per heavy atom. The van der Waals surface area contributed by atoms with Gasteiger partial charge in [-0.15, -0.1) is 11.3 Å². The van der Waals surface area contributed by atoms with Gasteiger partial charge in [0, 0.05) is 31.1 Å². The van der Waals surface area contributed by atoms with Gasteiger partial charge in [0.05, 0.1) is 5.39 Å². The molecule has 5 heteroatoms. The van der Waals surface area contributed by atoms with Gasteiger partial charge in [-0.1, -0.05) is 6.92 Å². The Kier molecular flexibility index (Phi) is 4.17. The summed E-state index contributed by atoms with van der Waals surface area (Å²) in [6.45, 7) is 6.98. The van der Waals surface area contributed by atoms with E-state index in [2.05, 4.69) is 25.2 Å². The number of aryl methyl sites for hydroxylation is 1. The van der Waals surface area contributed by atoms with E-state index in [1.54, 1.807) is 11.3 Å². The van der Waals surface area contributed by atoms with Crippen molar-refractivity contribution in [2.24, 2.45) is 5.92 Å². The summed E-state index contributed by atoms with van der Waals surface area (Å²) in [5.74, 6) is 2.52. The van der Waals surface area contributed by atoms with Gasteiger partial charge in [0.25, 0.3) is 0 Å². The molecule has 1 N–H and O–H groups in total. The van der Waals surface area contributed by atoms with Crippen LogP contribution in [0.1, 0.15) is 30.5 Å². The van der Waals surface area contributed by atoms with Crippen LogP contribution in [0.5, 0.6) is 0 Å². The van der Waals surface area contributed by atoms with Gasteiger partial charge in [0.2, 0.25) is 0 Å². The maximum atomic E-state index is 5.45. The lowest BCUT2D eigenvalue weighted by atomic mass is 10.0. The Labute approximate surface area is 123 Å². The largest absolute Gasteiger partial charge is 0.381 e. The number of ether oxygens (including phenoxy) is 1. The summed E-state index contributed by atoms with van der Waals surface area (Å²) in [6, 6.07) is 2.18. The molecule has 3 heterocycles. The van der Waals surface area contributed by atoms with Crippen molar-refractivity contribution < 1.29 is 4.74 Å². The molecule has 0 bridgehead atoms. The monoisotopic (exact) mass is 291 g/mol. The number of hydrogen-bond acceptors (Lipinski definition) is 5. The molecule has 2 aromatic rings.